The third kappa shape index (κ3) is 4.13. The van der Waals surface area contributed by atoms with Crippen molar-refractivity contribution in [2.75, 3.05) is 16.4 Å². The highest BCUT2D eigenvalue weighted by molar-refractivity contribution is 7.80. The fourth-order valence-electron chi connectivity index (χ4n) is 3.09. The molecule has 29 heavy (non-hydrogen) atoms. The van der Waals surface area contributed by atoms with Crippen LogP contribution in [0.25, 0.3) is 22.2 Å². The average Bonchev–Trinajstić information content (AvgIpc) is 2.71. The Morgan fingerprint density at radius 2 is 1.83 bits per heavy atom. The number of nitrogens with one attached hydrogen (secondary N) is 2. The first-order valence-electron chi connectivity index (χ1n) is 8.95. The zero-order valence-electron chi connectivity index (χ0n) is 15.6. The molecule has 1 heterocycles. The van der Waals surface area contributed by atoms with Crippen molar-refractivity contribution in [3.05, 3.63) is 77.6 Å². The van der Waals surface area contributed by atoms with Crippen LogP contribution < -0.4 is 16.4 Å². The van der Waals surface area contributed by atoms with Crippen LogP contribution in [0.15, 0.2) is 67.0 Å². The minimum Gasteiger partial charge on any atom is -0.399 e. The molecule has 144 valence electrons. The van der Waals surface area contributed by atoms with Gasteiger partial charge in [-0.15, -0.1) is 0 Å². The third-order valence-corrected chi connectivity index (χ3v) is 5.05. The van der Waals surface area contributed by atoms with E-state index in [2.05, 4.69) is 27.5 Å². The van der Waals surface area contributed by atoms with E-state index in [9.17, 15) is 0 Å². The highest BCUT2D eigenvalue weighted by Gasteiger charge is 2.11. The topological polar surface area (TPSA) is 75.9 Å². The standard InChI is InChI=1S/C22H18ClN5S/c1-13-6-8-15(27-22(29)28-20-9-7-14(24)10-18(20)23)11-17(13)21-16-4-2-3-5-19(16)25-12-26-21/h2-12H,24H2,1H3,(H2,27,28,29). The lowest BCUT2D eigenvalue weighted by atomic mass is 10.0. The summed E-state index contributed by atoms with van der Waals surface area (Å²) in [6.45, 7) is 2.06. The second-order valence-electron chi connectivity index (χ2n) is 6.59. The number of aromatic nitrogens is 2. The molecule has 4 aromatic rings. The molecule has 0 atom stereocenters. The van der Waals surface area contributed by atoms with Gasteiger partial charge in [0.1, 0.15) is 6.33 Å². The predicted octanol–water partition coefficient (Wildman–Crippen LogP) is 5.65. The van der Waals surface area contributed by atoms with Gasteiger partial charge in [-0.05, 0) is 61.1 Å². The van der Waals surface area contributed by atoms with Crippen molar-refractivity contribution in [3.63, 3.8) is 0 Å². The molecule has 0 unspecified atom stereocenters. The summed E-state index contributed by atoms with van der Waals surface area (Å²) in [6.07, 6.45) is 1.59. The van der Waals surface area contributed by atoms with Crippen molar-refractivity contribution in [1.29, 1.82) is 0 Å². The third-order valence-electron chi connectivity index (χ3n) is 4.53. The van der Waals surface area contributed by atoms with E-state index in [0.29, 0.717) is 21.5 Å². The fraction of sp³-hybridized carbons (Fsp3) is 0.0455. The lowest BCUT2D eigenvalue weighted by Gasteiger charge is -2.14. The molecule has 0 aliphatic rings. The SMILES string of the molecule is Cc1ccc(NC(=S)Nc2ccc(N)cc2Cl)cc1-c1ncnc2ccccc12. The summed E-state index contributed by atoms with van der Waals surface area (Å²) in [4.78, 5) is 8.88. The Labute approximate surface area is 178 Å². The van der Waals surface area contributed by atoms with Gasteiger partial charge in [-0.3, -0.25) is 0 Å². The number of hydrogen-bond donors (Lipinski definition) is 3. The number of thiocarbonyl (C=S) groups is 1. The summed E-state index contributed by atoms with van der Waals surface area (Å²) in [5, 5.41) is 8.24. The minimum absolute atomic E-state index is 0.430. The minimum atomic E-state index is 0.430. The number of fused-ring (bicyclic) bond motifs is 1. The second kappa shape index (κ2) is 8.03. The molecule has 0 amide bonds. The van der Waals surface area contributed by atoms with E-state index in [4.69, 9.17) is 29.6 Å². The van der Waals surface area contributed by atoms with Crippen molar-refractivity contribution >= 4 is 56.9 Å². The Hall–Kier alpha value is -3.22. The van der Waals surface area contributed by atoms with Crippen molar-refractivity contribution in [2.24, 2.45) is 0 Å². The van der Waals surface area contributed by atoms with Crippen LogP contribution in [0.1, 0.15) is 5.56 Å². The molecular weight excluding hydrogens is 402 g/mol. The van der Waals surface area contributed by atoms with Gasteiger partial charge in [0.2, 0.25) is 0 Å². The van der Waals surface area contributed by atoms with E-state index in [1.54, 1.807) is 24.5 Å². The zero-order valence-corrected chi connectivity index (χ0v) is 17.2. The van der Waals surface area contributed by atoms with Gasteiger partial charge in [-0.1, -0.05) is 35.9 Å². The van der Waals surface area contributed by atoms with Gasteiger partial charge in [0.15, 0.2) is 5.11 Å². The van der Waals surface area contributed by atoms with Crippen molar-refractivity contribution in [1.82, 2.24) is 9.97 Å². The average molecular weight is 420 g/mol. The van der Waals surface area contributed by atoms with Gasteiger partial charge in [0.05, 0.1) is 21.9 Å². The maximum atomic E-state index is 6.21. The lowest BCUT2D eigenvalue weighted by Crippen LogP contribution is -2.19. The monoisotopic (exact) mass is 419 g/mol. The summed E-state index contributed by atoms with van der Waals surface area (Å²) < 4.78 is 0. The molecule has 3 aromatic carbocycles. The van der Waals surface area contributed by atoms with Crippen molar-refractivity contribution in [2.45, 2.75) is 6.92 Å². The first kappa shape index (κ1) is 19.1. The van der Waals surface area contributed by atoms with Gasteiger partial charge in [0.25, 0.3) is 0 Å². The predicted molar refractivity (Wildman–Crippen MR) is 125 cm³/mol. The first-order chi connectivity index (χ1) is 14.0. The smallest absolute Gasteiger partial charge is 0.175 e. The maximum Gasteiger partial charge on any atom is 0.175 e. The summed E-state index contributed by atoms with van der Waals surface area (Å²) >= 11 is 11.7. The molecule has 7 heteroatoms. The van der Waals surface area contributed by atoms with E-state index in [1.165, 1.54) is 0 Å². The Balaban J connectivity index is 1.62. The summed E-state index contributed by atoms with van der Waals surface area (Å²) in [5.74, 6) is 0. The molecule has 0 saturated heterocycles. The van der Waals surface area contributed by atoms with Gasteiger partial charge in [-0.2, -0.15) is 0 Å². The number of rotatable bonds is 3. The Morgan fingerprint density at radius 1 is 1.00 bits per heavy atom. The molecule has 4 N–H and O–H groups in total. The molecule has 0 fully saturated rings. The first-order valence-corrected chi connectivity index (χ1v) is 9.74. The van der Waals surface area contributed by atoms with E-state index >= 15 is 0 Å². The number of halogens is 1. The molecule has 0 bridgehead atoms. The highest BCUT2D eigenvalue weighted by atomic mass is 35.5. The van der Waals surface area contributed by atoms with Gasteiger partial charge in [0, 0.05) is 22.3 Å². The molecule has 1 aromatic heterocycles. The number of nitrogens with two attached hydrogens (primary N) is 1. The van der Waals surface area contributed by atoms with Crippen LogP contribution in [0.4, 0.5) is 17.1 Å². The highest BCUT2D eigenvalue weighted by Crippen LogP contribution is 2.30. The van der Waals surface area contributed by atoms with Crippen LogP contribution in [0, 0.1) is 6.92 Å². The second-order valence-corrected chi connectivity index (χ2v) is 7.40. The molecule has 0 radical (unpaired) electrons. The zero-order chi connectivity index (χ0) is 20.4. The number of benzene rings is 3. The van der Waals surface area contributed by atoms with E-state index in [0.717, 1.165) is 33.4 Å². The number of aryl methyl sites for hydroxylation is 1. The van der Waals surface area contributed by atoms with Gasteiger partial charge >= 0.3 is 0 Å². The Kier molecular flexibility index (Phi) is 5.29. The summed E-state index contributed by atoms with van der Waals surface area (Å²) in [7, 11) is 0. The van der Waals surface area contributed by atoms with Crippen LogP contribution in [0.3, 0.4) is 0 Å². The molecule has 5 nitrogen and oxygen atoms in total. The Morgan fingerprint density at radius 3 is 2.66 bits per heavy atom. The number of anilines is 3. The maximum absolute atomic E-state index is 6.21. The van der Waals surface area contributed by atoms with E-state index in [1.807, 2.05) is 42.5 Å². The number of nitrogens with zero attached hydrogens (tertiary/aromatic N) is 2. The Bertz CT molecular complexity index is 1220. The van der Waals surface area contributed by atoms with Gasteiger partial charge in [-0.25, -0.2) is 9.97 Å². The number of hydrogen-bond acceptors (Lipinski definition) is 4. The van der Waals surface area contributed by atoms with Crippen LogP contribution in [0.5, 0.6) is 0 Å². The molecule has 0 saturated carbocycles. The van der Waals surface area contributed by atoms with Crippen molar-refractivity contribution < 1.29 is 0 Å². The van der Waals surface area contributed by atoms with E-state index < -0.39 is 0 Å². The molecule has 4 rings (SSSR count). The van der Waals surface area contributed by atoms with Crippen LogP contribution >= 0.6 is 23.8 Å². The number of nitrogen functional groups attached to an aromatic ring is 1. The summed E-state index contributed by atoms with van der Waals surface area (Å²) in [5.41, 5.74) is 11.8. The molecule has 0 aliphatic heterocycles. The normalized spacial score (nSPS) is 10.7. The quantitative estimate of drug-likeness (QED) is 0.294. The van der Waals surface area contributed by atoms with Crippen LogP contribution in [0.2, 0.25) is 5.02 Å². The van der Waals surface area contributed by atoms with Gasteiger partial charge < -0.3 is 16.4 Å². The summed E-state index contributed by atoms with van der Waals surface area (Å²) in [6, 6.07) is 19.2. The molecule has 0 aliphatic carbocycles. The van der Waals surface area contributed by atoms with Crippen LogP contribution in [-0.4, -0.2) is 15.1 Å². The lowest BCUT2D eigenvalue weighted by molar-refractivity contribution is 1.22. The molecular formula is C22H18ClN5S. The largest absolute Gasteiger partial charge is 0.399 e. The fourth-order valence-corrected chi connectivity index (χ4v) is 3.56. The van der Waals surface area contributed by atoms with Crippen LogP contribution in [-0.2, 0) is 0 Å². The molecule has 0 spiro atoms. The van der Waals surface area contributed by atoms with Crippen molar-refractivity contribution in [3.8, 4) is 11.3 Å². The van der Waals surface area contributed by atoms with E-state index in [-0.39, 0.29) is 0 Å². The number of para-hydroxylation sites is 1.